The number of amides is 1. The van der Waals surface area contributed by atoms with Crippen LogP contribution in [0.5, 0.6) is 0 Å². The topological polar surface area (TPSA) is 49.7 Å². The van der Waals surface area contributed by atoms with Crippen molar-refractivity contribution in [2.45, 2.75) is 25.8 Å². The van der Waals surface area contributed by atoms with E-state index in [1.807, 2.05) is 0 Å². The molecule has 0 aromatic heterocycles. The van der Waals surface area contributed by atoms with E-state index in [2.05, 4.69) is 5.18 Å². The molecule has 1 unspecified atom stereocenters. The molecule has 1 amide bonds. The number of hydrogen-bond donors (Lipinski definition) is 0. The van der Waals surface area contributed by atoms with Crippen LogP contribution in [0, 0.1) is 10.7 Å². The number of fused-ring (bicyclic) bond motifs is 1. The molecule has 1 aliphatic rings. The third-order valence-corrected chi connectivity index (χ3v) is 3.00. The number of nitroso groups, excluding NO2 is 1. The van der Waals surface area contributed by atoms with Crippen LogP contribution in [0.25, 0.3) is 0 Å². The second kappa shape index (κ2) is 4.61. The highest BCUT2D eigenvalue weighted by Crippen LogP contribution is 2.36. The van der Waals surface area contributed by atoms with E-state index in [0.717, 1.165) is 0 Å². The van der Waals surface area contributed by atoms with Crippen molar-refractivity contribution in [3.05, 3.63) is 34.5 Å². The summed E-state index contributed by atoms with van der Waals surface area (Å²) in [4.78, 5) is 24.0. The molecule has 0 N–H and O–H groups in total. The number of rotatable bonds is 2. The molecule has 0 bridgehead atoms. The Morgan fingerprint density at radius 3 is 3.00 bits per heavy atom. The molecule has 0 saturated heterocycles. The second-order valence-corrected chi connectivity index (χ2v) is 4.01. The molecule has 0 spiro atoms. The maximum absolute atomic E-state index is 13.2. The Labute approximate surface area is 98.4 Å². The minimum atomic E-state index is -0.554. The average molecular weight is 236 g/mol. The van der Waals surface area contributed by atoms with Gasteiger partial charge in [-0.3, -0.25) is 4.79 Å². The number of benzene rings is 1. The molecule has 1 aromatic carbocycles. The van der Waals surface area contributed by atoms with Gasteiger partial charge in [0.25, 0.3) is 0 Å². The largest absolute Gasteiger partial charge is 0.312 e. The maximum atomic E-state index is 13.2. The minimum absolute atomic E-state index is 0.0257. The lowest BCUT2D eigenvalue weighted by Crippen LogP contribution is -2.36. The molecule has 4 nitrogen and oxygen atoms in total. The molecule has 1 aromatic rings. The Hall–Kier alpha value is -1.78. The smallest absolute Gasteiger partial charge is 0.226 e. The Balaban J connectivity index is 2.47. The Kier molecular flexibility index (Phi) is 3.17. The number of hydrogen-bond acceptors (Lipinski definition) is 3. The molecule has 5 heteroatoms. The van der Waals surface area contributed by atoms with Crippen LogP contribution in [0.2, 0.25) is 0 Å². The maximum Gasteiger partial charge on any atom is 0.226 e. The molecule has 17 heavy (non-hydrogen) atoms. The number of halogens is 1. The zero-order valence-corrected chi connectivity index (χ0v) is 9.52. The van der Waals surface area contributed by atoms with Crippen molar-refractivity contribution >= 4 is 11.6 Å². The fourth-order valence-corrected chi connectivity index (χ4v) is 2.12. The van der Waals surface area contributed by atoms with Crippen molar-refractivity contribution in [1.29, 1.82) is 0 Å². The van der Waals surface area contributed by atoms with Crippen molar-refractivity contribution in [1.82, 2.24) is 0 Å². The Bertz CT molecular complexity index is 462. The van der Waals surface area contributed by atoms with Crippen molar-refractivity contribution in [3.8, 4) is 0 Å². The summed E-state index contributed by atoms with van der Waals surface area (Å²) in [6, 6.07) is 3.57. The first kappa shape index (κ1) is 11.7. The third kappa shape index (κ3) is 2.05. The van der Waals surface area contributed by atoms with Gasteiger partial charge < -0.3 is 4.90 Å². The van der Waals surface area contributed by atoms with Gasteiger partial charge >= 0.3 is 0 Å². The highest BCUT2D eigenvalue weighted by molar-refractivity contribution is 5.94. The highest BCUT2D eigenvalue weighted by Gasteiger charge is 2.28. The van der Waals surface area contributed by atoms with Crippen molar-refractivity contribution in [3.63, 3.8) is 0 Å². The monoisotopic (exact) mass is 236 g/mol. The molecule has 0 aliphatic carbocycles. The van der Waals surface area contributed by atoms with Gasteiger partial charge in [-0.1, -0.05) is 12.1 Å². The average Bonchev–Trinajstić information content (AvgIpc) is 2.36. The van der Waals surface area contributed by atoms with E-state index in [9.17, 15) is 14.1 Å². The van der Waals surface area contributed by atoms with Crippen molar-refractivity contribution in [2.24, 2.45) is 5.18 Å². The van der Waals surface area contributed by atoms with Crippen LogP contribution in [0.3, 0.4) is 0 Å². The fourth-order valence-electron chi connectivity index (χ4n) is 2.12. The normalized spacial score (nSPS) is 18.7. The third-order valence-electron chi connectivity index (χ3n) is 3.00. The van der Waals surface area contributed by atoms with E-state index < -0.39 is 11.9 Å². The lowest BCUT2D eigenvalue weighted by molar-refractivity contribution is -0.118. The molecule has 0 saturated carbocycles. The van der Waals surface area contributed by atoms with Gasteiger partial charge in [0, 0.05) is 24.2 Å². The molecule has 0 fully saturated rings. The molecule has 90 valence electrons. The van der Waals surface area contributed by atoms with Crippen LogP contribution in [0.15, 0.2) is 23.4 Å². The van der Waals surface area contributed by atoms with Gasteiger partial charge in [-0.2, -0.15) is 4.91 Å². The summed E-state index contributed by atoms with van der Waals surface area (Å²) in [5, 5.41) is 2.99. The van der Waals surface area contributed by atoms with E-state index in [0.29, 0.717) is 30.6 Å². The lowest BCUT2D eigenvalue weighted by atomic mass is 9.96. The second-order valence-electron chi connectivity index (χ2n) is 4.01. The summed E-state index contributed by atoms with van der Waals surface area (Å²) in [5.41, 5.74) is 1.11. The van der Waals surface area contributed by atoms with Crippen LogP contribution in [-0.4, -0.2) is 12.5 Å². The van der Waals surface area contributed by atoms with E-state index in [-0.39, 0.29) is 5.91 Å². The Morgan fingerprint density at radius 1 is 1.59 bits per heavy atom. The first-order valence-corrected chi connectivity index (χ1v) is 5.59. The van der Waals surface area contributed by atoms with Crippen LogP contribution < -0.4 is 4.90 Å². The van der Waals surface area contributed by atoms with Crippen LogP contribution in [0.1, 0.15) is 31.4 Å². The summed E-state index contributed by atoms with van der Waals surface area (Å²) in [6.07, 6.45) is 0.835. The summed E-state index contributed by atoms with van der Waals surface area (Å²) >= 11 is 0. The summed E-state index contributed by atoms with van der Waals surface area (Å²) < 4.78 is 13.2. The van der Waals surface area contributed by atoms with Crippen molar-refractivity contribution in [2.75, 3.05) is 11.4 Å². The lowest BCUT2D eigenvalue weighted by Gasteiger charge is -2.31. The van der Waals surface area contributed by atoms with Gasteiger partial charge in [-0.15, -0.1) is 0 Å². The highest BCUT2D eigenvalue weighted by atomic mass is 19.1. The predicted octanol–water partition coefficient (Wildman–Crippen LogP) is 2.78. The molecule has 1 aliphatic heterocycles. The van der Waals surface area contributed by atoms with Gasteiger partial charge in [0.05, 0.1) is 0 Å². The van der Waals surface area contributed by atoms with E-state index in [1.165, 1.54) is 18.2 Å². The van der Waals surface area contributed by atoms with Gasteiger partial charge in [-0.25, -0.2) is 4.39 Å². The van der Waals surface area contributed by atoms with Crippen molar-refractivity contribution < 1.29 is 9.18 Å². The number of carbonyl (C=O) groups is 1. The zero-order valence-electron chi connectivity index (χ0n) is 9.52. The quantitative estimate of drug-likeness (QED) is 0.741. The first-order chi connectivity index (χ1) is 8.17. The van der Waals surface area contributed by atoms with Crippen LogP contribution in [-0.2, 0) is 4.79 Å². The number of nitrogens with zero attached hydrogens (tertiary/aromatic N) is 2. The predicted molar refractivity (Wildman–Crippen MR) is 62.2 cm³/mol. The summed E-state index contributed by atoms with van der Waals surface area (Å²) in [6.45, 7) is 2.23. The summed E-state index contributed by atoms with van der Waals surface area (Å²) in [7, 11) is 0. The summed E-state index contributed by atoms with van der Waals surface area (Å²) in [5.74, 6) is -0.439. The molecule has 0 radical (unpaired) electrons. The number of anilines is 1. The van der Waals surface area contributed by atoms with Crippen LogP contribution in [0.4, 0.5) is 10.1 Å². The van der Waals surface area contributed by atoms with Gasteiger partial charge in [0.1, 0.15) is 11.9 Å². The van der Waals surface area contributed by atoms with Gasteiger partial charge in [0.15, 0.2) is 0 Å². The SMILES string of the molecule is CCC(=O)N1CCC(N=O)c2cc(F)ccc21. The van der Waals surface area contributed by atoms with Crippen LogP contribution >= 0.6 is 0 Å². The van der Waals surface area contributed by atoms with E-state index >= 15 is 0 Å². The molecular weight excluding hydrogens is 223 g/mol. The molecule has 1 heterocycles. The van der Waals surface area contributed by atoms with E-state index in [1.54, 1.807) is 11.8 Å². The molecule has 1 atom stereocenters. The van der Waals surface area contributed by atoms with Gasteiger partial charge in [-0.05, 0) is 24.6 Å². The zero-order chi connectivity index (χ0) is 12.4. The molecule has 2 rings (SSSR count). The number of carbonyl (C=O) groups excluding carboxylic acids is 1. The Morgan fingerprint density at radius 2 is 2.35 bits per heavy atom. The standard InChI is InChI=1S/C12H13FN2O2/c1-2-12(16)15-6-5-10(14-17)9-7-8(13)3-4-11(9)15/h3-4,7,10H,2,5-6H2,1H3. The molecular formula is C12H13FN2O2. The van der Waals surface area contributed by atoms with E-state index in [4.69, 9.17) is 0 Å². The first-order valence-electron chi connectivity index (χ1n) is 5.59. The fraction of sp³-hybridized carbons (Fsp3) is 0.417. The van der Waals surface area contributed by atoms with Gasteiger partial charge in [0.2, 0.25) is 5.91 Å². The minimum Gasteiger partial charge on any atom is -0.312 e.